The Kier molecular flexibility index (Phi) is 5.88. The normalized spacial score (nSPS) is 12.2. The number of hydrogen-bond acceptors (Lipinski definition) is 0. The number of rotatable bonds is 6. The van der Waals surface area contributed by atoms with Crippen LogP contribution in [0, 0.1) is 0 Å². The lowest BCUT2D eigenvalue weighted by Crippen LogP contribution is -1.93. The van der Waals surface area contributed by atoms with Crippen LogP contribution in [0.4, 0.5) is 8.78 Å². The van der Waals surface area contributed by atoms with Crippen LogP contribution in [0.2, 0.25) is 0 Å². The summed E-state index contributed by atoms with van der Waals surface area (Å²) in [6, 6.07) is 15.7. The summed E-state index contributed by atoms with van der Waals surface area (Å²) in [5.41, 5.74) is 4.10. The molecule has 0 aliphatic heterocycles. The van der Waals surface area contributed by atoms with Gasteiger partial charge in [-0.3, -0.25) is 0 Å². The van der Waals surface area contributed by atoms with E-state index in [0.717, 1.165) is 38.2 Å². The summed E-state index contributed by atoms with van der Waals surface area (Å²) in [6.07, 6.45) is 4.13. The summed E-state index contributed by atoms with van der Waals surface area (Å²) in [4.78, 5) is 0. The molecule has 2 rings (SSSR count). The molecule has 0 saturated carbocycles. The monoisotopic (exact) mass is 300 g/mol. The highest BCUT2D eigenvalue weighted by Crippen LogP contribution is 2.21. The topological polar surface area (TPSA) is 0 Å². The molecule has 0 atom stereocenters. The van der Waals surface area contributed by atoms with Crippen molar-refractivity contribution in [2.24, 2.45) is 0 Å². The molecule has 0 bridgehead atoms. The molecule has 0 aromatic heterocycles. The lowest BCUT2D eigenvalue weighted by atomic mass is 10.0. The van der Waals surface area contributed by atoms with Gasteiger partial charge < -0.3 is 0 Å². The van der Waals surface area contributed by atoms with E-state index < -0.39 is 11.7 Å². The van der Waals surface area contributed by atoms with Crippen LogP contribution in [-0.2, 0) is 19.3 Å². The van der Waals surface area contributed by atoms with Gasteiger partial charge in [0.2, 0.25) is 0 Å². The average Bonchev–Trinajstić information content (AvgIpc) is 2.54. The third-order valence-corrected chi connectivity index (χ3v) is 3.77. The Hall–Kier alpha value is -1.96. The number of hydrogen-bond donors (Lipinski definition) is 0. The highest BCUT2D eigenvalue weighted by atomic mass is 19.2. The standard InChI is InChI=1S/C20H22F2/c1-3-4-16-5-7-17(8-6-16)9-10-18-11-13-19(14-12-18)20(22)15(2)21/h5-8,11-14H,3-4,9-10H2,1-2H3/b20-15-. The molecular formula is C20H22F2. The summed E-state index contributed by atoms with van der Waals surface area (Å²) in [5.74, 6) is -1.56. The van der Waals surface area contributed by atoms with Crippen molar-refractivity contribution in [1.29, 1.82) is 0 Å². The van der Waals surface area contributed by atoms with Crippen LogP contribution in [0.1, 0.15) is 42.5 Å². The Morgan fingerprint density at radius 2 is 1.14 bits per heavy atom. The third kappa shape index (κ3) is 4.52. The fourth-order valence-electron chi connectivity index (χ4n) is 2.47. The third-order valence-electron chi connectivity index (χ3n) is 3.77. The van der Waals surface area contributed by atoms with Crippen molar-refractivity contribution >= 4 is 5.83 Å². The van der Waals surface area contributed by atoms with Crippen LogP contribution in [-0.4, -0.2) is 0 Å². The summed E-state index contributed by atoms with van der Waals surface area (Å²) in [6.45, 7) is 3.31. The first-order valence-electron chi connectivity index (χ1n) is 7.79. The van der Waals surface area contributed by atoms with E-state index in [1.165, 1.54) is 11.1 Å². The van der Waals surface area contributed by atoms with Gasteiger partial charge in [0.15, 0.2) is 5.83 Å². The smallest absolute Gasteiger partial charge is 0.161 e. The maximum Gasteiger partial charge on any atom is 0.161 e. The lowest BCUT2D eigenvalue weighted by molar-refractivity contribution is 0.606. The minimum atomic E-state index is -0.780. The van der Waals surface area contributed by atoms with E-state index in [9.17, 15) is 8.78 Å². The zero-order valence-electron chi connectivity index (χ0n) is 13.2. The Morgan fingerprint density at radius 3 is 1.55 bits per heavy atom. The Bertz CT molecular complexity index is 618. The van der Waals surface area contributed by atoms with Gasteiger partial charge >= 0.3 is 0 Å². The lowest BCUT2D eigenvalue weighted by Gasteiger charge is -2.05. The largest absolute Gasteiger partial charge is 0.209 e. The van der Waals surface area contributed by atoms with Crippen molar-refractivity contribution in [2.45, 2.75) is 39.5 Å². The maximum absolute atomic E-state index is 13.4. The predicted molar refractivity (Wildman–Crippen MR) is 89.1 cm³/mol. The van der Waals surface area contributed by atoms with Crippen molar-refractivity contribution in [3.05, 3.63) is 76.6 Å². The number of benzene rings is 2. The van der Waals surface area contributed by atoms with Gasteiger partial charge in [0.25, 0.3) is 0 Å². The number of aryl methyl sites for hydroxylation is 3. The van der Waals surface area contributed by atoms with Crippen LogP contribution in [0.25, 0.3) is 5.83 Å². The molecule has 0 aliphatic carbocycles. The second-order valence-electron chi connectivity index (χ2n) is 5.61. The van der Waals surface area contributed by atoms with Gasteiger partial charge in [0, 0.05) is 5.56 Å². The van der Waals surface area contributed by atoms with E-state index in [1.54, 1.807) is 12.1 Å². The Balaban J connectivity index is 1.95. The van der Waals surface area contributed by atoms with Gasteiger partial charge in [-0.1, -0.05) is 61.9 Å². The van der Waals surface area contributed by atoms with Gasteiger partial charge in [0.05, 0.1) is 0 Å². The molecule has 0 amide bonds. The summed E-state index contributed by atoms with van der Waals surface area (Å²) < 4.78 is 26.3. The highest BCUT2D eigenvalue weighted by Gasteiger charge is 2.05. The van der Waals surface area contributed by atoms with Crippen molar-refractivity contribution in [3.8, 4) is 0 Å². The molecule has 0 heterocycles. The molecule has 2 heteroatoms. The first kappa shape index (κ1) is 16.4. The van der Waals surface area contributed by atoms with E-state index in [4.69, 9.17) is 0 Å². The minimum absolute atomic E-state index is 0.299. The van der Waals surface area contributed by atoms with E-state index in [1.807, 2.05) is 12.1 Å². The molecule has 116 valence electrons. The van der Waals surface area contributed by atoms with Gasteiger partial charge in [-0.15, -0.1) is 0 Å². The molecule has 0 nitrogen and oxygen atoms in total. The molecule has 0 radical (unpaired) electrons. The van der Waals surface area contributed by atoms with Crippen molar-refractivity contribution < 1.29 is 8.78 Å². The van der Waals surface area contributed by atoms with Crippen LogP contribution >= 0.6 is 0 Å². The molecule has 2 aromatic carbocycles. The molecule has 0 aliphatic rings. The van der Waals surface area contributed by atoms with Crippen LogP contribution in [0.5, 0.6) is 0 Å². The molecule has 2 aromatic rings. The van der Waals surface area contributed by atoms with Gasteiger partial charge in [0.1, 0.15) is 5.83 Å². The van der Waals surface area contributed by atoms with Crippen LogP contribution in [0.3, 0.4) is 0 Å². The molecular weight excluding hydrogens is 278 g/mol. The van der Waals surface area contributed by atoms with Crippen molar-refractivity contribution in [3.63, 3.8) is 0 Å². The quantitative estimate of drug-likeness (QED) is 0.609. The molecule has 0 N–H and O–H groups in total. The molecule has 0 fully saturated rings. The van der Waals surface area contributed by atoms with E-state index in [0.29, 0.717) is 5.56 Å². The zero-order valence-corrected chi connectivity index (χ0v) is 13.2. The van der Waals surface area contributed by atoms with E-state index in [2.05, 4.69) is 31.2 Å². The minimum Gasteiger partial charge on any atom is -0.209 e. The van der Waals surface area contributed by atoms with Crippen molar-refractivity contribution in [2.75, 3.05) is 0 Å². The van der Waals surface area contributed by atoms with E-state index in [-0.39, 0.29) is 0 Å². The van der Waals surface area contributed by atoms with Crippen molar-refractivity contribution in [1.82, 2.24) is 0 Å². The Labute approximate surface area is 131 Å². The first-order valence-corrected chi connectivity index (χ1v) is 7.79. The fraction of sp³-hybridized carbons (Fsp3) is 0.300. The zero-order chi connectivity index (χ0) is 15.9. The summed E-state index contributed by atoms with van der Waals surface area (Å²) in [7, 11) is 0. The molecule has 22 heavy (non-hydrogen) atoms. The molecule has 0 unspecified atom stereocenters. The van der Waals surface area contributed by atoms with Crippen LogP contribution < -0.4 is 0 Å². The van der Waals surface area contributed by atoms with Gasteiger partial charge in [-0.05, 0) is 42.9 Å². The predicted octanol–water partition coefficient (Wildman–Crippen LogP) is 6.05. The number of allylic oxidation sites excluding steroid dienone is 1. The van der Waals surface area contributed by atoms with Gasteiger partial charge in [-0.2, -0.15) is 0 Å². The number of halogens is 2. The molecule has 0 saturated heterocycles. The van der Waals surface area contributed by atoms with E-state index >= 15 is 0 Å². The Morgan fingerprint density at radius 1 is 0.727 bits per heavy atom. The van der Waals surface area contributed by atoms with Gasteiger partial charge in [-0.25, -0.2) is 8.78 Å². The highest BCUT2D eigenvalue weighted by molar-refractivity contribution is 5.60. The first-order chi connectivity index (χ1) is 10.6. The fourth-order valence-corrected chi connectivity index (χ4v) is 2.47. The molecule has 0 spiro atoms. The summed E-state index contributed by atoms with van der Waals surface area (Å²) in [5, 5.41) is 0. The van der Waals surface area contributed by atoms with Crippen LogP contribution in [0.15, 0.2) is 54.4 Å². The second-order valence-corrected chi connectivity index (χ2v) is 5.61. The second kappa shape index (κ2) is 7.88. The maximum atomic E-state index is 13.4. The summed E-state index contributed by atoms with van der Waals surface area (Å²) >= 11 is 0. The SMILES string of the molecule is CCCc1ccc(CCc2ccc(/C(F)=C(\C)F)cc2)cc1. The average molecular weight is 300 g/mol.